The minimum absolute atomic E-state index is 0.523. The van der Waals surface area contributed by atoms with Crippen LogP contribution in [0, 0.1) is 11.8 Å². The molecule has 0 spiro atoms. The predicted molar refractivity (Wildman–Crippen MR) is 75.9 cm³/mol. The predicted octanol–water partition coefficient (Wildman–Crippen LogP) is 3.67. The minimum atomic E-state index is 0.523. The Morgan fingerprint density at radius 1 is 1.44 bits per heavy atom. The van der Waals surface area contributed by atoms with Gasteiger partial charge in [-0.15, -0.1) is 0 Å². The Balaban J connectivity index is 2.17. The molecular weight excluding hydrogens is 316 g/mol. The fourth-order valence-electron chi connectivity index (χ4n) is 2.13. The molecule has 1 unspecified atom stereocenters. The number of hydrogen-bond donors (Lipinski definition) is 0. The van der Waals surface area contributed by atoms with Gasteiger partial charge >= 0.3 is 0 Å². The van der Waals surface area contributed by atoms with E-state index >= 15 is 0 Å². The van der Waals surface area contributed by atoms with E-state index in [1.54, 1.807) is 0 Å². The molecule has 18 heavy (non-hydrogen) atoms. The summed E-state index contributed by atoms with van der Waals surface area (Å²) in [6.45, 7) is 6.02. The molecular formula is C13H18BrClN2O. The van der Waals surface area contributed by atoms with Crippen molar-refractivity contribution in [3.05, 3.63) is 21.1 Å². The van der Waals surface area contributed by atoms with Gasteiger partial charge in [0.15, 0.2) is 0 Å². The second-order valence-electron chi connectivity index (χ2n) is 5.22. The Morgan fingerprint density at radius 3 is 2.83 bits per heavy atom. The molecule has 0 aromatic carbocycles. The highest BCUT2D eigenvalue weighted by Crippen LogP contribution is 2.26. The summed E-state index contributed by atoms with van der Waals surface area (Å²) in [7, 11) is 0. The van der Waals surface area contributed by atoms with Crippen molar-refractivity contribution in [2.75, 3.05) is 13.2 Å². The van der Waals surface area contributed by atoms with Crippen LogP contribution in [0.25, 0.3) is 0 Å². The molecule has 1 aliphatic heterocycles. The van der Waals surface area contributed by atoms with Crippen molar-refractivity contribution in [1.82, 2.24) is 9.97 Å². The summed E-state index contributed by atoms with van der Waals surface area (Å²) < 4.78 is 6.22. The molecule has 0 saturated carbocycles. The molecule has 2 rings (SSSR count). The van der Waals surface area contributed by atoms with E-state index in [0.717, 1.165) is 48.5 Å². The Morgan fingerprint density at radius 2 is 2.22 bits per heavy atom. The van der Waals surface area contributed by atoms with E-state index in [-0.39, 0.29) is 0 Å². The highest BCUT2D eigenvalue weighted by molar-refractivity contribution is 9.10. The van der Waals surface area contributed by atoms with Crippen LogP contribution in [0.2, 0.25) is 5.15 Å². The van der Waals surface area contributed by atoms with Gasteiger partial charge in [-0.05, 0) is 40.6 Å². The number of nitrogens with zero attached hydrogens (tertiary/aromatic N) is 2. The molecule has 1 saturated heterocycles. The average Bonchev–Trinajstić information content (AvgIpc) is 2.77. The van der Waals surface area contributed by atoms with Crippen molar-refractivity contribution in [3.8, 4) is 0 Å². The number of hydrogen-bond acceptors (Lipinski definition) is 3. The van der Waals surface area contributed by atoms with Gasteiger partial charge in [0.05, 0.1) is 10.2 Å². The van der Waals surface area contributed by atoms with Gasteiger partial charge < -0.3 is 4.74 Å². The molecule has 1 fully saturated rings. The zero-order valence-corrected chi connectivity index (χ0v) is 13.1. The Kier molecular flexibility index (Phi) is 4.98. The smallest absolute Gasteiger partial charge is 0.147 e. The van der Waals surface area contributed by atoms with Crippen LogP contribution in [0.15, 0.2) is 4.47 Å². The third-order valence-corrected chi connectivity index (χ3v) is 4.36. The number of aromatic nitrogens is 2. The van der Waals surface area contributed by atoms with E-state index in [1.165, 1.54) is 0 Å². The maximum atomic E-state index is 6.16. The van der Waals surface area contributed by atoms with Crippen molar-refractivity contribution in [3.63, 3.8) is 0 Å². The van der Waals surface area contributed by atoms with Crippen molar-refractivity contribution in [2.45, 2.75) is 33.1 Å². The maximum absolute atomic E-state index is 6.16. The van der Waals surface area contributed by atoms with Crippen LogP contribution in [-0.4, -0.2) is 23.2 Å². The third-order valence-electron chi connectivity index (χ3n) is 3.02. The second-order valence-corrected chi connectivity index (χ2v) is 6.37. The van der Waals surface area contributed by atoms with Gasteiger partial charge in [0.2, 0.25) is 0 Å². The van der Waals surface area contributed by atoms with Crippen LogP contribution in [0.5, 0.6) is 0 Å². The Hall–Kier alpha value is -0.190. The summed E-state index contributed by atoms with van der Waals surface area (Å²) in [5.74, 6) is 1.93. The Labute approximate surface area is 121 Å². The highest BCUT2D eigenvalue weighted by atomic mass is 79.9. The van der Waals surface area contributed by atoms with Gasteiger partial charge in [-0.2, -0.15) is 0 Å². The van der Waals surface area contributed by atoms with Crippen LogP contribution in [-0.2, 0) is 17.6 Å². The lowest BCUT2D eigenvalue weighted by Crippen LogP contribution is -2.10. The average molecular weight is 334 g/mol. The molecule has 1 aromatic rings. The highest BCUT2D eigenvalue weighted by Gasteiger charge is 2.19. The summed E-state index contributed by atoms with van der Waals surface area (Å²) in [6, 6.07) is 0. The summed E-state index contributed by atoms with van der Waals surface area (Å²) in [5, 5.41) is 0.523. The van der Waals surface area contributed by atoms with E-state index in [9.17, 15) is 0 Å². The lowest BCUT2D eigenvalue weighted by atomic mass is 10.0. The van der Waals surface area contributed by atoms with Gasteiger partial charge in [0.1, 0.15) is 11.0 Å². The van der Waals surface area contributed by atoms with Crippen molar-refractivity contribution in [1.29, 1.82) is 0 Å². The standard InChI is InChI=1S/C13H18BrClN2O/c1-8(2)5-10-12(14)13(15)17-11(16-10)6-9-3-4-18-7-9/h8-9H,3-7H2,1-2H3. The first-order chi connectivity index (χ1) is 8.56. The van der Waals surface area contributed by atoms with Crippen LogP contribution in [0.4, 0.5) is 0 Å². The first kappa shape index (κ1) is 14.2. The molecule has 0 N–H and O–H groups in total. The molecule has 0 bridgehead atoms. The summed E-state index contributed by atoms with van der Waals surface area (Å²) in [4.78, 5) is 8.99. The van der Waals surface area contributed by atoms with Crippen molar-refractivity contribution < 1.29 is 4.74 Å². The fourth-order valence-corrected chi connectivity index (χ4v) is 2.67. The molecule has 5 heteroatoms. The molecule has 1 atom stereocenters. The van der Waals surface area contributed by atoms with E-state index in [1.807, 2.05) is 0 Å². The zero-order chi connectivity index (χ0) is 13.1. The summed E-state index contributed by atoms with van der Waals surface area (Å²) in [6.07, 6.45) is 2.87. The van der Waals surface area contributed by atoms with E-state index < -0.39 is 0 Å². The van der Waals surface area contributed by atoms with Gasteiger partial charge in [-0.1, -0.05) is 25.4 Å². The summed E-state index contributed by atoms with van der Waals surface area (Å²) in [5.41, 5.74) is 1.01. The third kappa shape index (κ3) is 3.65. The normalized spacial score (nSPS) is 19.7. The second kappa shape index (κ2) is 6.31. The molecule has 0 aliphatic carbocycles. The van der Waals surface area contributed by atoms with Crippen LogP contribution < -0.4 is 0 Å². The molecule has 0 amide bonds. The lowest BCUT2D eigenvalue weighted by Gasteiger charge is -2.11. The molecule has 1 aromatic heterocycles. The van der Waals surface area contributed by atoms with Gasteiger partial charge in [-0.3, -0.25) is 0 Å². The molecule has 0 radical (unpaired) electrons. The van der Waals surface area contributed by atoms with Crippen molar-refractivity contribution >= 4 is 27.5 Å². The SMILES string of the molecule is CC(C)Cc1nc(CC2CCOC2)nc(Cl)c1Br. The van der Waals surface area contributed by atoms with E-state index in [4.69, 9.17) is 16.3 Å². The molecule has 3 nitrogen and oxygen atoms in total. The van der Waals surface area contributed by atoms with E-state index in [0.29, 0.717) is 17.0 Å². The first-order valence-electron chi connectivity index (χ1n) is 6.34. The first-order valence-corrected chi connectivity index (χ1v) is 7.52. The van der Waals surface area contributed by atoms with Crippen LogP contribution in [0.1, 0.15) is 31.8 Å². The summed E-state index contributed by atoms with van der Waals surface area (Å²) >= 11 is 9.63. The topological polar surface area (TPSA) is 35.0 Å². The fraction of sp³-hybridized carbons (Fsp3) is 0.692. The number of rotatable bonds is 4. The quantitative estimate of drug-likeness (QED) is 0.789. The van der Waals surface area contributed by atoms with Gasteiger partial charge in [0, 0.05) is 19.6 Å². The number of ether oxygens (including phenoxy) is 1. The zero-order valence-electron chi connectivity index (χ0n) is 10.7. The maximum Gasteiger partial charge on any atom is 0.147 e. The van der Waals surface area contributed by atoms with Crippen molar-refractivity contribution in [2.24, 2.45) is 11.8 Å². The van der Waals surface area contributed by atoms with Gasteiger partial charge in [-0.25, -0.2) is 9.97 Å². The van der Waals surface area contributed by atoms with E-state index in [2.05, 4.69) is 39.7 Å². The molecule has 100 valence electrons. The van der Waals surface area contributed by atoms with Gasteiger partial charge in [0.25, 0.3) is 0 Å². The molecule has 2 heterocycles. The van der Waals surface area contributed by atoms with Crippen LogP contribution in [0.3, 0.4) is 0 Å². The number of halogens is 2. The largest absolute Gasteiger partial charge is 0.381 e. The Bertz CT molecular complexity index is 420. The molecule has 1 aliphatic rings. The minimum Gasteiger partial charge on any atom is -0.381 e. The lowest BCUT2D eigenvalue weighted by molar-refractivity contribution is 0.185. The van der Waals surface area contributed by atoms with Crippen LogP contribution >= 0.6 is 27.5 Å². The monoisotopic (exact) mass is 332 g/mol.